The molecule has 118 valence electrons. The van der Waals surface area contributed by atoms with Crippen LogP contribution in [0.3, 0.4) is 0 Å². The number of carbonyl (C=O) groups is 1. The summed E-state index contributed by atoms with van der Waals surface area (Å²) in [5.41, 5.74) is 1.24. The second-order valence-corrected chi connectivity index (χ2v) is 6.60. The first-order valence-corrected chi connectivity index (χ1v) is 8.50. The smallest absolute Gasteiger partial charge is 0.256 e. The largest absolute Gasteiger partial charge is 0.360 e. The van der Waals surface area contributed by atoms with E-state index in [9.17, 15) is 4.79 Å². The number of rotatable bonds is 7. The van der Waals surface area contributed by atoms with Crippen molar-refractivity contribution in [3.63, 3.8) is 0 Å². The third-order valence-corrected chi connectivity index (χ3v) is 4.36. The summed E-state index contributed by atoms with van der Waals surface area (Å²) in [5, 5.41) is 6.86. The van der Waals surface area contributed by atoms with E-state index in [1.54, 1.807) is 18.7 Å². The minimum absolute atomic E-state index is 0.0906. The standard InChI is InChI=1S/C17H22N2O2S/c1-12(2)16-15(13(3)19-21-16)17(20)18-10-7-11-22-14-8-5-4-6-9-14/h4-6,8-9,12H,7,10-11H2,1-3H3,(H,18,20). The normalized spacial score (nSPS) is 10.9. The molecule has 0 radical (unpaired) electrons. The zero-order chi connectivity index (χ0) is 15.9. The highest BCUT2D eigenvalue weighted by atomic mass is 32.2. The van der Waals surface area contributed by atoms with Crippen LogP contribution in [0.2, 0.25) is 0 Å². The van der Waals surface area contributed by atoms with Crippen LogP contribution >= 0.6 is 11.8 Å². The Morgan fingerprint density at radius 2 is 2.05 bits per heavy atom. The van der Waals surface area contributed by atoms with Gasteiger partial charge in [-0.25, -0.2) is 0 Å². The maximum atomic E-state index is 12.3. The molecule has 0 spiro atoms. The van der Waals surface area contributed by atoms with Crippen LogP contribution < -0.4 is 5.32 Å². The van der Waals surface area contributed by atoms with Crippen molar-refractivity contribution in [2.75, 3.05) is 12.3 Å². The fraction of sp³-hybridized carbons (Fsp3) is 0.412. The minimum atomic E-state index is -0.0906. The second-order valence-electron chi connectivity index (χ2n) is 5.43. The predicted molar refractivity (Wildman–Crippen MR) is 89.4 cm³/mol. The summed E-state index contributed by atoms with van der Waals surface area (Å²) < 4.78 is 5.25. The van der Waals surface area contributed by atoms with Crippen molar-refractivity contribution < 1.29 is 9.32 Å². The Balaban J connectivity index is 1.78. The van der Waals surface area contributed by atoms with Gasteiger partial charge in [-0.3, -0.25) is 4.79 Å². The molecular weight excluding hydrogens is 296 g/mol. The average molecular weight is 318 g/mol. The van der Waals surface area contributed by atoms with E-state index in [0.717, 1.165) is 12.2 Å². The molecule has 4 nitrogen and oxygen atoms in total. The van der Waals surface area contributed by atoms with E-state index in [1.807, 2.05) is 32.0 Å². The molecule has 22 heavy (non-hydrogen) atoms. The van der Waals surface area contributed by atoms with Gasteiger partial charge in [0, 0.05) is 17.4 Å². The highest BCUT2D eigenvalue weighted by Gasteiger charge is 2.21. The van der Waals surface area contributed by atoms with Gasteiger partial charge in [0.05, 0.1) is 5.69 Å². The Hall–Kier alpha value is -1.75. The lowest BCUT2D eigenvalue weighted by Gasteiger charge is -2.07. The van der Waals surface area contributed by atoms with Crippen molar-refractivity contribution in [2.24, 2.45) is 0 Å². The first-order valence-electron chi connectivity index (χ1n) is 7.51. The zero-order valence-electron chi connectivity index (χ0n) is 13.3. The van der Waals surface area contributed by atoms with Gasteiger partial charge in [-0.15, -0.1) is 11.8 Å². The molecule has 5 heteroatoms. The van der Waals surface area contributed by atoms with E-state index < -0.39 is 0 Å². The van der Waals surface area contributed by atoms with Crippen LogP contribution in [0.4, 0.5) is 0 Å². The fourth-order valence-electron chi connectivity index (χ4n) is 2.13. The number of carbonyl (C=O) groups excluding carboxylic acids is 1. The summed E-state index contributed by atoms with van der Waals surface area (Å²) in [7, 11) is 0. The number of nitrogens with zero attached hydrogens (tertiary/aromatic N) is 1. The number of amides is 1. The first-order chi connectivity index (χ1) is 10.6. The molecule has 0 aliphatic carbocycles. The van der Waals surface area contributed by atoms with E-state index >= 15 is 0 Å². The quantitative estimate of drug-likeness (QED) is 0.619. The van der Waals surface area contributed by atoms with Crippen LogP contribution in [0.1, 0.15) is 48.0 Å². The van der Waals surface area contributed by atoms with Gasteiger partial charge in [0.2, 0.25) is 0 Å². The van der Waals surface area contributed by atoms with Crippen LogP contribution in [0.5, 0.6) is 0 Å². The molecule has 1 aromatic heterocycles. The molecule has 0 unspecified atom stereocenters. The molecule has 0 aliphatic rings. The summed E-state index contributed by atoms with van der Waals surface area (Å²) >= 11 is 1.80. The number of aryl methyl sites for hydroxylation is 1. The Bertz CT molecular complexity index is 608. The number of hydrogen-bond acceptors (Lipinski definition) is 4. The molecule has 1 aromatic carbocycles. The minimum Gasteiger partial charge on any atom is -0.360 e. The lowest BCUT2D eigenvalue weighted by Crippen LogP contribution is -2.26. The molecule has 0 aliphatic heterocycles. The number of benzene rings is 1. The van der Waals surface area contributed by atoms with Crippen molar-refractivity contribution >= 4 is 17.7 Å². The van der Waals surface area contributed by atoms with Crippen molar-refractivity contribution in [1.82, 2.24) is 10.5 Å². The summed E-state index contributed by atoms with van der Waals surface area (Å²) in [4.78, 5) is 13.5. The lowest BCUT2D eigenvalue weighted by molar-refractivity contribution is 0.0950. The highest BCUT2D eigenvalue weighted by Crippen LogP contribution is 2.22. The van der Waals surface area contributed by atoms with Crippen molar-refractivity contribution in [1.29, 1.82) is 0 Å². The van der Waals surface area contributed by atoms with Crippen LogP contribution in [-0.2, 0) is 0 Å². The van der Waals surface area contributed by atoms with Crippen LogP contribution in [0.15, 0.2) is 39.8 Å². The van der Waals surface area contributed by atoms with Crippen molar-refractivity contribution in [3.8, 4) is 0 Å². The van der Waals surface area contributed by atoms with Gasteiger partial charge in [0.1, 0.15) is 5.56 Å². The second kappa shape index (κ2) is 8.03. The summed E-state index contributed by atoms with van der Waals surface area (Å²) in [5.74, 6) is 1.70. The van der Waals surface area contributed by atoms with Gasteiger partial charge >= 0.3 is 0 Å². The van der Waals surface area contributed by atoms with Gasteiger partial charge in [0.15, 0.2) is 5.76 Å². The maximum absolute atomic E-state index is 12.3. The molecule has 0 bridgehead atoms. The Kier molecular flexibility index (Phi) is 6.07. The number of thioether (sulfide) groups is 1. The molecule has 2 aromatic rings. The van der Waals surface area contributed by atoms with Gasteiger partial charge in [-0.2, -0.15) is 0 Å². The zero-order valence-corrected chi connectivity index (χ0v) is 14.1. The molecule has 1 N–H and O–H groups in total. The molecule has 1 heterocycles. The lowest BCUT2D eigenvalue weighted by atomic mass is 10.0. The summed E-state index contributed by atoms with van der Waals surface area (Å²) in [6, 6.07) is 10.3. The van der Waals surface area contributed by atoms with Crippen LogP contribution in [-0.4, -0.2) is 23.4 Å². The van der Waals surface area contributed by atoms with Gasteiger partial charge in [-0.1, -0.05) is 37.2 Å². The molecule has 0 fully saturated rings. The van der Waals surface area contributed by atoms with Gasteiger partial charge in [-0.05, 0) is 31.2 Å². The Labute approximate surface area is 135 Å². The van der Waals surface area contributed by atoms with Gasteiger partial charge in [0.25, 0.3) is 5.91 Å². The Morgan fingerprint density at radius 3 is 2.73 bits per heavy atom. The maximum Gasteiger partial charge on any atom is 0.256 e. The SMILES string of the molecule is Cc1noc(C(C)C)c1C(=O)NCCCSc1ccccc1. The third-order valence-electron chi connectivity index (χ3n) is 3.26. The summed E-state index contributed by atoms with van der Waals surface area (Å²) in [6.07, 6.45) is 0.923. The first kappa shape index (κ1) is 16.6. The van der Waals surface area contributed by atoms with Crippen molar-refractivity contribution in [2.45, 2.75) is 38.0 Å². The molecule has 2 rings (SSSR count). The summed E-state index contributed by atoms with van der Waals surface area (Å²) in [6.45, 7) is 6.44. The van der Waals surface area contributed by atoms with Crippen molar-refractivity contribution in [3.05, 3.63) is 47.3 Å². The van der Waals surface area contributed by atoms with Crippen LogP contribution in [0, 0.1) is 6.92 Å². The van der Waals surface area contributed by atoms with Crippen LogP contribution in [0.25, 0.3) is 0 Å². The molecule has 0 atom stereocenters. The molecule has 0 saturated heterocycles. The van der Waals surface area contributed by atoms with E-state index in [1.165, 1.54) is 4.90 Å². The van der Waals surface area contributed by atoms with E-state index in [-0.39, 0.29) is 11.8 Å². The van der Waals surface area contributed by atoms with E-state index in [2.05, 4.69) is 22.6 Å². The topological polar surface area (TPSA) is 55.1 Å². The number of hydrogen-bond donors (Lipinski definition) is 1. The van der Waals surface area contributed by atoms with Gasteiger partial charge < -0.3 is 9.84 Å². The number of nitrogens with one attached hydrogen (secondary N) is 1. The predicted octanol–water partition coefficient (Wildman–Crippen LogP) is 4.02. The molecule has 1 amide bonds. The third kappa shape index (κ3) is 4.37. The highest BCUT2D eigenvalue weighted by molar-refractivity contribution is 7.99. The molecular formula is C17H22N2O2S. The Morgan fingerprint density at radius 1 is 1.32 bits per heavy atom. The average Bonchev–Trinajstić information content (AvgIpc) is 2.90. The van der Waals surface area contributed by atoms with E-state index in [4.69, 9.17) is 4.52 Å². The molecule has 0 saturated carbocycles. The fourth-order valence-corrected chi connectivity index (χ4v) is 3.00. The monoisotopic (exact) mass is 318 g/mol. The van der Waals surface area contributed by atoms with E-state index in [0.29, 0.717) is 23.6 Å². The number of aromatic nitrogens is 1.